The molecule has 0 aliphatic rings. The monoisotopic (exact) mass is 396 g/mol. The van der Waals surface area contributed by atoms with E-state index in [1.165, 1.54) is 13.0 Å². The zero-order chi connectivity index (χ0) is 19.4. The van der Waals surface area contributed by atoms with Crippen molar-refractivity contribution in [1.82, 2.24) is 0 Å². The van der Waals surface area contributed by atoms with Crippen LogP contribution in [0.2, 0.25) is 10.0 Å². The molecule has 1 amide bonds. The fourth-order valence-corrected chi connectivity index (χ4v) is 2.41. The largest absolute Gasteiger partial charge is 0.449 e. The summed E-state index contributed by atoms with van der Waals surface area (Å²) < 4.78 is 5.07. The number of hydrogen-bond acceptors (Lipinski definition) is 5. The molecule has 7 nitrogen and oxygen atoms in total. The van der Waals surface area contributed by atoms with E-state index in [-0.39, 0.29) is 16.3 Å². The van der Waals surface area contributed by atoms with Gasteiger partial charge in [-0.1, -0.05) is 29.3 Å². The maximum atomic E-state index is 12.2. The molecule has 0 fully saturated rings. The molecule has 0 radical (unpaired) electrons. The molecule has 2 aromatic rings. The Bertz CT molecular complexity index is 885. The second kappa shape index (κ2) is 8.16. The van der Waals surface area contributed by atoms with Crippen molar-refractivity contribution in [3.05, 3.63) is 67.7 Å². The topological polar surface area (TPSA) is 98.5 Å². The van der Waals surface area contributed by atoms with Gasteiger partial charge in [-0.05, 0) is 37.6 Å². The predicted octanol–water partition coefficient (Wildman–Crippen LogP) is 4.39. The van der Waals surface area contributed by atoms with Gasteiger partial charge in [0, 0.05) is 22.8 Å². The van der Waals surface area contributed by atoms with E-state index >= 15 is 0 Å². The Balaban J connectivity index is 2.05. The minimum atomic E-state index is -1.12. The second-order valence-corrected chi connectivity index (χ2v) is 6.24. The van der Waals surface area contributed by atoms with Crippen LogP contribution < -0.4 is 5.32 Å². The summed E-state index contributed by atoms with van der Waals surface area (Å²) in [7, 11) is 0. The number of carbonyl (C=O) groups is 2. The van der Waals surface area contributed by atoms with Crippen LogP contribution in [0.4, 0.5) is 11.4 Å². The number of ether oxygens (including phenoxy) is 1. The number of aryl methyl sites for hydroxylation is 1. The summed E-state index contributed by atoms with van der Waals surface area (Å²) in [6, 6.07) is 8.33. The lowest BCUT2D eigenvalue weighted by Crippen LogP contribution is -2.30. The van der Waals surface area contributed by atoms with Crippen LogP contribution in [0.1, 0.15) is 22.8 Å². The molecule has 0 aliphatic carbocycles. The molecule has 9 heteroatoms. The first kappa shape index (κ1) is 19.7. The number of nitrogens with zero attached hydrogens (tertiary/aromatic N) is 1. The van der Waals surface area contributed by atoms with Gasteiger partial charge in [0.05, 0.1) is 15.5 Å². The third kappa shape index (κ3) is 4.71. The Morgan fingerprint density at radius 3 is 2.42 bits per heavy atom. The van der Waals surface area contributed by atoms with Gasteiger partial charge >= 0.3 is 5.97 Å². The van der Waals surface area contributed by atoms with Gasteiger partial charge in [-0.25, -0.2) is 4.79 Å². The molecular formula is C17H14Cl2N2O5. The van der Waals surface area contributed by atoms with Crippen molar-refractivity contribution in [2.24, 2.45) is 0 Å². The lowest BCUT2D eigenvalue weighted by molar-refractivity contribution is -0.384. The molecule has 2 rings (SSSR count). The molecule has 0 saturated carbocycles. The number of rotatable bonds is 5. The Morgan fingerprint density at radius 1 is 1.15 bits per heavy atom. The SMILES string of the molecule is Cc1ccc(NC(=O)[C@H](C)OC(=O)c2ccc([N+](=O)[O-])cc2Cl)cc1Cl. The number of nitrogens with one attached hydrogen (secondary N) is 1. The van der Waals surface area contributed by atoms with Crippen LogP contribution in [0, 0.1) is 17.0 Å². The number of non-ortho nitro benzene ring substituents is 1. The average Bonchev–Trinajstić information content (AvgIpc) is 2.57. The van der Waals surface area contributed by atoms with Crippen molar-refractivity contribution in [2.45, 2.75) is 20.0 Å². The number of halogens is 2. The highest BCUT2D eigenvalue weighted by Crippen LogP contribution is 2.24. The molecule has 26 heavy (non-hydrogen) atoms. The van der Waals surface area contributed by atoms with E-state index in [1.54, 1.807) is 18.2 Å². The number of esters is 1. The molecular weight excluding hydrogens is 383 g/mol. The third-order valence-corrected chi connectivity index (χ3v) is 4.20. The zero-order valence-electron chi connectivity index (χ0n) is 13.8. The lowest BCUT2D eigenvalue weighted by Gasteiger charge is -2.14. The maximum Gasteiger partial charge on any atom is 0.340 e. The van der Waals surface area contributed by atoms with Gasteiger partial charge in [-0.3, -0.25) is 14.9 Å². The highest BCUT2D eigenvalue weighted by molar-refractivity contribution is 6.33. The van der Waals surface area contributed by atoms with E-state index in [1.807, 2.05) is 6.92 Å². The zero-order valence-corrected chi connectivity index (χ0v) is 15.3. The van der Waals surface area contributed by atoms with Crippen LogP contribution in [0.3, 0.4) is 0 Å². The molecule has 0 unspecified atom stereocenters. The van der Waals surface area contributed by atoms with Gasteiger partial charge < -0.3 is 10.1 Å². The summed E-state index contributed by atoms with van der Waals surface area (Å²) in [6.45, 7) is 3.22. The molecule has 1 atom stereocenters. The van der Waals surface area contributed by atoms with Crippen molar-refractivity contribution in [1.29, 1.82) is 0 Å². The standard InChI is InChI=1S/C17H14Cl2N2O5/c1-9-3-4-11(7-14(9)18)20-16(22)10(2)26-17(23)13-6-5-12(21(24)25)8-15(13)19/h3-8,10H,1-2H3,(H,20,22)/t10-/m0/s1. The van der Waals surface area contributed by atoms with E-state index < -0.39 is 22.9 Å². The fourth-order valence-electron chi connectivity index (χ4n) is 1.98. The highest BCUT2D eigenvalue weighted by Gasteiger charge is 2.22. The fraction of sp³-hybridized carbons (Fsp3) is 0.176. The molecule has 0 aromatic heterocycles. The Morgan fingerprint density at radius 2 is 1.85 bits per heavy atom. The smallest absolute Gasteiger partial charge is 0.340 e. The van der Waals surface area contributed by atoms with Crippen molar-refractivity contribution in [3.63, 3.8) is 0 Å². The van der Waals surface area contributed by atoms with E-state index in [2.05, 4.69) is 5.32 Å². The van der Waals surface area contributed by atoms with Crippen molar-refractivity contribution in [2.75, 3.05) is 5.32 Å². The molecule has 0 bridgehead atoms. The maximum absolute atomic E-state index is 12.2. The van der Waals surface area contributed by atoms with Crippen LogP contribution in [-0.4, -0.2) is 22.9 Å². The summed E-state index contributed by atoms with van der Waals surface area (Å²) in [5, 5.41) is 13.6. The Labute approximate surface area is 159 Å². The van der Waals surface area contributed by atoms with Crippen LogP contribution in [0.25, 0.3) is 0 Å². The predicted molar refractivity (Wildman–Crippen MR) is 97.8 cm³/mol. The van der Waals surface area contributed by atoms with Gasteiger partial charge in [0.2, 0.25) is 0 Å². The van der Waals surface area contributed by atoms with E-state index in [0.29, 0.717) is 10.7 Å². The van der Waals surface area contributed by atoms with Gasteiger partial charge in [0.25, 0.3) is 11.6 Å². The quantitative estimate of drug-likeness (QED) is 0.458. The minimum Gasteiger partial charge on any atom is -0.449 e. The van der Waals surface area contributed by atoms with Gasteiger partial charge in [-0.15, -0.1) is 0 Å². The summed E-state index contributed by atoms with van der Waals surface area (Å²) >= 11 is 11.9. The summed E-state index contributed by atoms with van der Waals surface area (Å²) in [5.74, 6) is -1.43. The molecule has 2 aromatic carbocycles. The first-order valence-corrected chi connectivity index (χ1v) is 8.16. The summed E-state index contributed by atoms with van der Waals surface area (Å²) in [5.41, 5.74) is 0.989. The number of amides is 1. The lowest BCUT2D eigenvalue weighted by atomic mass is 10.2. The summed E-state index contributed by atoms with van der Waals surface area (Å²) in [6.07, 6.45) is -1.12. The number of nitro benzene ring substituents is 1. The Kier molecular flexibility index (Phi) is 6.18. The van der Waals surface area contributed by atoms with E-state index in [4.69, 9.17) is 27.9 Å². The normalized spacial score (nSPS) is 11.5. The molecule has 136 valence electrons. The number of benzene rings is 2. The van der Waals surface area contributed by atoms with Crippen LogP contribution in [0.15, 0.2) is 36.4 Å². The molecule has 0 spiro atoms. The third-order valence-electron chi connectivity index (χ3n) is 3.48. The van der Waals surface area contributed by atoms with E-state index in [0.717, 1.165) is 17.7 Å². The van der Waals surface area contributed by atoms with Gasteiger partial charge in [0.15, 0.2) is 6.10 Å². The van der Waals surface area contributed by atoms with Crippen molar-refractivity contribution in [3.8, 4) is 0 Å². The van der Waals surface area contributed by atoms with Crippen LogP contribution >= 0.6 is 23.2 Å². The van der Waals surface area contributed by atoms with E-state index in [9.17, 15) is 19.7 Å². The van der Waals surface area contributed by atoms with Gasteiger partial charge in [0.1, 0.15) is 0 Å². The van der Waals surface area contributed by atoms with Gasteiger partial charge in [-0.2, -0.15) is 0 Å². The van der Waals surface area contributed by atoms with Crippen molar-refractivity contribution < 1.29 is 19.2 Å². The number of anilines is 1. The minimum absolute atomic E-state index is 0.0738. The number of hydrogen-bond donors (Lipinski definition) is 1. The first-order valence-electron chi connectivity index (χ1n) is 7.41. The Hall–Kier alpha value is -2.64. The van der Waals surface area contributed by atoms with Crippen LogP contribution in [-0.2, 0) is 9.53 Å². The average molecular weight is 397 g/mol. The molecule has 0 heterocycles. The first-order chi connectivity index (χ1) is 12.2. The highest BCUT2D eigenvalue weighted by atomic mass is 35.5. The van der Waals surface area contributed by atoms with Crippen molar-refractivity contribution >= 4 is 46.5 Å². The second-order valence-electron chi connectivity index (χ2n) is 5.42. The molecule has 0 aliphatic heterocycles. The summed E-state index contributed by atoms with van der Waals surface area (Å²) in [4.78, 5) is 34.3. The number of nitro groups is 1. The number of carbonyl (C=O) groups excluding carboxylic acids is 2. The molecule has 0 saturated heterocycles. The molecule has 1 N–H and O–H groups in total. The van der Waals surface area contributed by atoms with Crippen LogP contribution in [0.5, 0.6) is 0 Å².